The first kappa shape index (κ1) is 6.92. The molecule has 0 amide bonds. The number of hydrogen-bond acceptors (Lipinski definition) is 4. The van der Waals surface area contributed by atoms with Crippen molar-refractivity contribution in [3.05, 3.63) is 12.2 Å². The Hall–Kier alpha value is -1.76. The normalized spacial score (nSPS) is 30.8. The summed E-state index contributed by atoms with van der Waals surface area (Å²) in [5, 5.41) is 8.52. The monoisotopic (exact) mass is 158 g/mol. The quantitative estimate of drug-likeness (QED) is 0.508. The van der Waals surface area contributed by atoms with E-state index >= 15 is 0 Å². The number of amidine groups is 1. The molecule has 0 bridgehead atoms. The summed E-state index contributed by atoms with van der Waals surface area (Å²) in [5.41, 5.74) is 0. The van der Waals surface area contributed by atoms with Gasteiger partial charge in [-0.25, -0.2) is 9.98 Å². The Kier molecular flexibility index (Phi) is 1.56. The highest BCUT2D eigenvalue weighted by Gasteiger charge is 2.20. The molecule has 2 rings (SSSR count). The zero-order chi connectivity index (χ0) is 8.39. The van der Waals surface area contributed by atoms with Gasteiger partial charge in [0.2, 0.25) is 5.84 Å². The summed E-state index contributed by atoms with van der Waals surface area (Å²) in [6.07, 6.45) is 7.07. The van der Waals surface area contributed by atoms with Crippen LogP contribution in [0.15, 0.2) is 27.1 Å². The lowest BCUT2D eigenvalue weighted by Crippen LogP contribution is -2.23. The maximum absolute atomic E-state index is 8.52. The largest absolute Gasteiger partial charge is 0.265 e. The van der Waals surface area contributed by atoms with Crippen LogP contribution in [0.25, 0.3) is 0 Å². The Labute approximate surface area is 69.7 Å². The smallest absolute Gasteiger partial charge is 0.229 e. The van der Waals surface area contributed by atoms with E-state index in [1.54, 1.807) is 12.4 Å². The van der Waals surface area contributed by atoms with Crippen LogP contribution in [0, 0.1) is 17.2 Å². The molecule has 58 valence electrons. The molecular formula is C8H6N4. The average Bonchev–Trinajstić information content (AvgIpc) is 2.17. The minimum atomic E-state index is -0.165. The molecule has 0 radical (unpaired) electrons. The number of rotatable bonds is 0. The first-order valence-corrected chi connectivity index (χ1v) is 3.62. The van der Waals surface area contributed by atoms with Gasteiger partial charge >= 0.3 is 0 Å². The summed E-state index contributed by atoms with van der Waals surface area (Å²) < 4.78 is 0. The zero-order valence-corrected chi connectivity index (χ0v) is 6.25. The molecule has 0 N–H and O–H groups in total. The van der Waals surface area contributed by atoms with Gasteiger partial charge in [-0.15, -0.1) is 0 Å². The van der Waals surface area contributed by atoms with E-state index in [-0.39, 0.29) is 17.9 Å². The summed E-state index contributed by atoms with van der Waals surface area (Å²) in [6.45, 7) is 0. The number of allylic oxidation sites excluding steroid dienone is 1. The predicted molar refractivity (Wildman–Crippen MR) is 46.5 cm³/mol. The highest BCUT2D eigenvalue weighted by Crippen LogP contribution is 2.15. The van der Waals surface area contributed by atoms with E-state index in [1.807, 2.05) is 18.2 Å². The number of hydrogen-bond donors (Lipinski definition) is 0. The van der Waals surface area contributed by atoms with Crippen LogP contribution in [0.1, 0.15) is 0 Å². The first-order chi connectivity index (χ1) is 5.90. The van der Waals surface area contributed by atoms with E-state index in [1.165, 1.54) is 0 Å². The van der Waals surface area contributed by atoms with Crippen molar-refractivity contribution in [3.8, 4) is 6.07 Å². The standard InChI is InChI=1S/C8H6N4/c9-4-7-11-5-6-2-1-3-10-8(6)12-7/h1-3,5-6,8H. The van der Waals surface area contributed by atoms with E-state index in [2.05, 4.69) is 15.0 Å². The van der Waals surface area contributed by atoms with Crippen molar-refractivity contribution in [2.24, 2.45) is 20.9 Å². The third kappa shape index (κ3) is 1.05. The van der Waals surface area contributed by atoms with Crippen LogP contribution in [0.2, 0.25) is 0 Å². The van der Waals surface area contributed by atoms with E-state index in [4.69, 9.17) is 5.26 Å². The minimum Gasteiger partial charge on any atom is -0.265 e. The van der Waals surface area contributed by atoms with Crippen molar-refractivity contribution in [2.45, 2.75) is 6.17 Å². The lowest BCUT2D eigenvalue weighted by Gasteiger charge is -2.18. The van der Waals surface area contributed by atoms with Gasteiger partial charge in [0.05, 0.1) is 5.92 Å². The van der Waals surface area contributed by atoms with Gasteiger partial charge in [-0.05, 0) is 6.08 Å². The van der Waals surface area contributed by atoms with Gasteiger partial charge in [-0.3, -0.25) is 4.99 Å². The van der Waals surface area contributed by atoms with Gasteiger partial charge in [-0.1, -0.05) is 6.08 Å². The van der Waals surface area contributed by atoms with Crippen molar-refractivity contribution in [3.63, 3.8) is 0 Å². The molecule has 0 aromatic carbocycles. The number of fused-ring (bicyclic) bond motifs is 1. The fraction of sp³-hybridized carbons (Fsp3) is 0.250. The molecule has 2 unspecified atom stereocenters. The molecule has 12 heavy (non-hydrogen) atoms. The van der Waals surface area contributed by atoms with Crippen LogP contribution >= 0.6 is 0 Å². The van der Waals surface area contributed by atoms with Crippen LogP contribution in [-0.2, 0) is 0 Å². The summed E-state index contributed by atoms with van der Waals surface area (Å²) in [6, 6.07) is 1.89. The molecular weight excluding hydrogens is 152 g/mol. The second-order valence-electron chi connectivity index (χ2n) is 2.52. The van der Waals surface area contributed by atoms with Gasteiger partial charge in [0, 0.05) is 12.4 Å². The van der Waals surface area contributed by atoms with E-state index in [9.17, 15) is 0 Å². The van der Waals surface area contributed by atoms with Gasteiger partial charge in [-0.2, -0.15) is 5.26 Å². The first-order valence-electron chi connectivity index (χ1n) is 3.62. The van der Waals surface area contributed by atoms with E-state index in [0.29, 0.717) is 0 Å². The molecule has 0 saturated carbocycles. The van der Waals surface area contributed by atoms with E-state index < -0.39 is 0 Å². The molecule has 0 aromatic heterocycles. The van der Waals surface area contributed by atoms with Crippen LogP contribution in [0.5, 0.6) is 0 Å². The van der Waals surface area contributed by atoms with Gasteiger partial charge in [0.1, 0.15) is 6.07 Å². The molecule has 0 aromatic rings. The van der Waals surface area contributed by atoms with Gasteiger partial charge in [0.25, 0.3) is 0 Å². The van der Waals surface area contributed by atoms with Crippen LogP contribution in [0.4, 0.5) is 0 Å². The highest BCUT2D eigenvalue weighted by atomic mass is 15.1. The van der Waals surface area contributed by atoms with Gasteiger partial charge < -0.3 is 0 Å². The summed E-state index contributed by atoms with van der Waals surface area (Å²) >= 11 is 0. The maximum atomic E-state index is 8.52. The number of nitriles is 1. The average molecular weight is 158 g/mol. The Morgan fingerprint density at radius 2 is 2.42 bits per heavy atom. The maximum Gasteiger partial charge on any atom is 0.229 e. The minimum absolute atomic E-state index is 0.132. The third-order valence-corrected chi connectivity index (χ3v) is 1.73. The number of nitrogens with zero attached hydrogens (tertiary/aromatic N) is 4. The second kappa shape index (κ2) is 2.70. The Morgan fingerprint density at radius 1 is 1.50 bits per heavy atom. The third-order valence-electron chi connectivity index (χ3n) is 1.73. The summed E-state index contributed by atoms with van der Waals surface area (Å²) in [4.78, 5) is 12.0. The second-order valence-corrected chi connectivity index (χ2v) is 2.52. The summed E-state index contributed by atoms with van der Waals surface area (Å²) in [7, 11) is 0. The Morgan fingerprint density at radius 3 is 3.25 bits per heavy atom. The molecule has 2 aliphatic heterocycles. The molecule has 4 heteroatoms. The molecule has 4 nitrogen and oxygen atoms in total. The zero-order valence-electron chi connectivity index (χ0n) is 6.25. The van der Waals surface area contributed by atoms with Crippen molar-refractivity contribution in [2.75, 3.05) is 0 Å². The fourth-order valence-corrected chi connectivity index (χ4v) is 1.13. The van der Waals surface area contributed by atoms with Crippen LogP contribution in [0.3, 0.4) is 0 Å². The molecule has 0 aliphatic carbocycles. The molecule has 0 saturated heterocycles. The van der Waals surface area contributed by atoms with Crippen LogP contribution < -0.4 is 0 Å². The SMILES string of the molecule is N#CC1=NC2N=CC=CC2C=N1. The Balaban J connectivity index is 2.30. The number of aliphatic imine (C=N–C) groups is 3. The molecule has 0 spiro atoms. The fourth-order valence-electron chi connectivity index (χ4n) is 1.13. The lowest BCUT2D eigenvalue weighted by atomic mass is 10.1. The van der Waals surface area contributed by atoms with Crippen molar-refractivity contribution < 1.29 is 0 Å². The van der Waals surface area contributed by atoms with Gasteiger partial charge in [0.15, 0.2) is 6.17 Å². The highest BCUT2D eigenvalue weighted by molar-refractivity contribution is 6.03. The van der Waals surface area contributed by atoms with Crippen molar-refractivity contribution >= 4 is 18.3 Å². The molecule has 2 aliphatic rings. The number of dihydropyridines is 1. The lowest BCUT2D eigenvalue weighted by molar-refractivity contribution is 0.638. The Bertz CT molecular complexity index is 343. The summed E-state index contributed by atoms with van der Waals surface area (Å²) in [5.74, 6) is 0.343. The molecule has 0 fully saturated rings. The van der Waals surface area contributed by atoms with Crippen molar-refractivity contribution in [1.82, 2.24) is 0 Å². The predicted octanol–water partition coefficient (Wildman–Crippen LogP) is 0.576. The van der Waals surface area contributed by atoms with E-state index in [0.717, 1.165) is 0 Å². The molecule has 2 atom stereocenters. The van der Waals surface area contributed by atoms with Crippen LogP contribution in [-0.4, -0.2) is 24.4 Å². The molecule has 2 heterocycles. The topological polar surface area (TPSA) is 60.9 Å². The van der Waals surface area contributed by atoms with Crippen molar-refractivity contribution in [1.29, 1.82) is 5.26 Å².